The summed E-state index contributed by atoms with van der Waals surface area (Å²) >= 11 is 5.77. The first kappa shape index (κ1) is 10.1. The van der Waals surface area contributed by atoms with Gasteiger partial charge in [0.1, 0.15) is 6.29 Å². The molecule has 0 N–H and O–H groups in total. The summed E-state index contributed by atoms with van der Waals surface area (Å²) in [6.07, 6.45) is 3.09. The van der Waals surface area contributed by atoms with Gasteiger partial charge in [0, 0.05) is 11.6 Å². The van der Waals surface area contributed by atoms with Gasteiger partial charge in [-0.05, 0) is 30.2 Å². The van der Waals surface area contributed by atoms with Crippen molar-refractivity contribution in [1.82, 2.24) is 4.98 Å². The lowest BCUT2D eigenvalue weighted by molar-refractivity contribution is -0.107. The number of fused-ring (bicyclic) bond motifs is 1. The molecule has 2 aromatic rings. The number of aldehydes is 1. The van der Waals surface area contributed by atoms with Crippen LogP contribution in [-0.2, 0) is 11.2 Å². The van der Waals surface area contributed by atoms with Crippen LogP contribution in [0.3, 0.4) is 0 Å². The van der Waals surface area contributed by atoms with Crippen molar-refractivity contribution in [2.75, 3.05) is 0 Å². The Labute approximate surface area is 92.9 Å². The molecule has 0 aliphatic carbocycles. The summed E-state index contributed by atoms with van der Waals surface area (Å²) in [5, 5.41) is 0.629. The number of alkyl halides is 1. The van der Waals surface area contributed by atoms with Crippen LogP contribution in [0.4, 0.5) is 0 Å². The topological polar surface area (TPSA) is 30.0 Å². The van der Waals surface area contributed by atoms with Crippen molar-refractivity contribution >= 4 is 28.8 Å². The summed E-state index contributed by atoms with van der Waals surface area (Å²) in [5.41, 5.74) is 2.01. The number of rotatable bonds is 3. The van der Waals surface area contributed by atoms with Gasteiger partial charge < -0.3 is 4.79 Å². The predicted octanol–water partition coefficient (Wildman–Crippen LogP) is 2.58. The highest BCUT2D eigenvalue weighted by Crippen LogP contribution is 2.15. The maximum atomic E-state index is 10.4. The number of halogens is 1. The smallest absolute Gasteiger partial charge is 0.138 e. The average Bonchev–Trinajstić information content (AvgIpc) is 2.29. The molecule has 1 aromatic heterocycles. The van der Waals surface area contributed by atoms with E-state index in [0.717, 1.165) is 22.8 Å². The van der Waals surface area contributed by atoms with E-state index in [2.05, 4.69) is 4.98 Å². The molecule has 1 heterocycles. The van der Waals surface area contributed by atoms with Crippen molar-refractivity contribution in [3.05, 3.63) is 42.1 Å². The van der Waals surface area contributed by atoms with Crippen LogP contribution < -0.4 is 0 Å². The minimum absolute atomic E-state index is 0.445. The van der Waals surface area contributed by atoms with Crippen molar-refractivity contribution in [3.63, 3.8) is 0 Å². The summed E-state index contributed by atoms with van der Waals surface area (Å²) in [4.78, 5) is 14.6. The highest BCUT2D eigenvalue weighted by Gasteiger charge is 2.04. The van der Waals surface area contributed by atoms with E-state index in [9.17, 15) is 4.79 Å². The highest BCUT2D eigenvalue weighted by atomic mass is 35.5. The third kappa shape index (κ3) is 2.34. The molecule has 0 fully saturated rings. The summed E-state index contributed by atoms with van der Waals surface area (Å²) in [6.45, 7) is 0. The molecule has 0 unspecified atom stereocenters. The third-order valence-corrected chi connectivity index (χ3v) is 2.50. The Morgan fingerprint density at radius 2 is 2.27 bits per heavy atom. The standard InChI is InChI=1S/C12H10ClNO/c13-11(8-15)7-9-3-4-12-10(6-9)2-1-5-14-12/h1-6,8,11H,7H2/t11-/m1/s1. The zero-order chi connectivity index (χ0) is 10.7. The van der Waals surface area contributed by atoms with E-state index in [0.29, 0.717) is 6.42 Å². The minimum atomic E-state index is -0.445. The van der Waals surface area contributed by atoms with Crippen molar-refractivity contribution < 1.29 is 4.79 Å². The van der Waals surface area contributed by atoms with Crippen LogP contribution in [0.25, 0.3) is 10.9 Å². The number of benzene rings is 1. The van der Waals surface area contributed by atoms with E-state index < -0.39 is 5.38 Å². The quantitative estimate of drug-likeness (QED) is 0.587. The lowest BCUT2D eigenvalue weighted by Gasteiger charge is -2.03. The third-order valence-electron chi connectivity index (χ3n) is 2.25. The van der Waals surface area contributed by atoms with Crippen LogP contribution in [0, 0.1) is 0 Å². The Morgan fingerprint density at radius 1 is 1.40 bits per heavy atom. The minimum Gasteiger partial charge on any atom is -0.302 e. The van der Waals surface area contributed by atoms with Crippen molar-refractivity contribution in [2.45, 2.75) is 11.8 Å². The Hall–Kier alpha value is -1.41. The molecule has 0 saturated heterocycles. The zero-order valence-corrected chi connectivity index (χ0v) is 8.82. The average molecular weight is 220 g/mol. The van der Waals surface area contributed by atoms with E-state index in [1.165, 1.54) is 0 Å². The second kappa shape index (κ2) is 4.41. The number of pyridine rings is 1. The number of hydrogen-bond acceptors (Lipinski definition) is 2. The van der Waals surface area contributed by atoms with Crippen LogP contribution in [0.5, 0.6) is 0 Å². The van der Waals surface area contributed by atoms with Gasteiger partial charge in [-0.3, -0.25) is 4.98 Å². The molecule has 2 rings (SSSR count). The Morgan fingerprint density at radius 3 is 3.07 bits per heavy atom. The van der Waals surface area contributed by atoms with E-state index in [1.807, 2.05) is 30.3 Å². The molecule has 0 aliphatic heterocycles. The van der Waals surface area contributed by atoms with Crippen LogP contribution in [0.15, 0.2) is 36.5 Å². The second-order valence-corrected chi connectivity index (χ2v) is 3.95. The fourth-order valence-electron chi connectivity index (χ4n) is 1.53. The maximum absolute atomic E-state index is 10.4. The molecule has 0 saturated carbocycles. The van der Waals surface area contributed by atoms with E-state index in [1.54, 1.807) is 6.20 Å². The number of aromatic nitrogens is 1. The molecule has 15 heavy (non-hydrogen) atoms. The van der Waals surface area contributed by atoms with Gasteiger partial charge in [-0.15, -0.1) is 11.6 Å². The van der Waals surface area contributed by atoms with Gasteiger partial charge in [0.2, 0.25) is 0 Å². The fourth-order valence-corrected chi connectivity index (χ4v) is 1.70. The normalized spacial score (nSPS) is 12.6. The largest absolute Gasteiger partial charge is 0.302 e. The second-order valence-electron chi connectivity index (χ2n) is 3.39. The molecule has 0 radical (unpaired) electrons. The van der Waals surface area contributed by atoms with Crippen LogP contribution in [-0.4, -0.2) is 16.6 Å². The first-order chi connectivity index (χ1) is 7.29. The first-order valence-electron chi connectivity index (χ1n) is 4.72. The van der Waals surface area contributed by atoms with Gasteiger partial charge in [-0.1, -0.05) is 12.1 Å². The predicted molar refractivity (Wildman–Crippen MR) is 61.2 cm³/mol. The van der Waals surface area contributed by atoms with Crippen molar-refractivity contribution in [3.8, 4) is 0 Å². The van der Waals surface area contributed by atoms with Gasteiger partial charge in [-0.2, -0.15) is 0 Å². The Kier molecular flexibility index (Phi) is 2.97. The van der Waals surface area contributed by atoms with Crippen LogP contribution in [0.2, 0.25) is 0 Å². The summed E-state index contributed by atoms with van der Waals surface area (Å²) < 4.78 is 0. The lowest BCUT2D eigenvalue weighted by atomic mass is 10.1. The zero-order valence-electron chi connectivity index (χ0n) is 8.06. The number of nitrogens with zero attached hydrogens (tertiary/aromatic N) is 1. The van der Waals surface area contributed by atoms with E-state index >= 15 is 0 Å². The molecule has 1 atom stereocenters. The van der Waals surface area contributed by atoms with Crippen molar-refractivity contribution in [2.24, 2.45) is 0 Å². The van der Waals surface area contributed by atoms with Crippen LogP contribution >= 0.6 is 11.6 Å². The Bertz CT molecular complexity index is 484. The number of hydrogen-bond donors (Lipinski definition) is 0. The van der Waals surface area contributed by atoms with Crippen molar-refractivity contribution in [1.29, 1.82) is 0 Å². The Balaban J connectivity index is 2.34. The lowest BCUT2D eigenvalue weighted by Crippen LogP contribution is -2.03. The van der Waals surface area contributed by atoms with Crippen LogP contribution in [0.1, 0.15) is 5.56 Å². The molecule has 0 amide bonds. The molecule has 0 bridgehead atoms. The van der Waals surface area contributed by atoms with Gasteiger partial charge >= 0.3 is 0 Å². The summed E-state index contributed by atoms with van der Waals surface area (Å²) in [5.74, 6) is 0. The van der Waals surface area contributed by atoms with Gasteiger partial charge in [0.25, 0.3) is 0 Å². The monoisotopic (exact) mass is 219 g/mol. The van der Waals surface area contributed by atoms with E-state index in [4.69, 9.17) is 11.6 Å². The molecule has 0 spiro atoms. The molecule has 76 valence electrons. The molecule has 2 nitrogen and oxygen atoms in total. The molecule has 3 heteroatoms. The number of carbonyl (C=O) groups is 1. The fraction of sp³-hybridized carbons (Fsp3) is 0.167. The SMILES string of the molecule is O=C[C@H](Cl)Cc1ccc2ncccc2c1. The molecular formula is C12H10ClNO. The summed E-state index contributed by atoms with van der Waals surface area (Å²) in [6, 6.07) is 9.80. The number of carbonyl (C=O) groups excluding carboxylic acids is 1. The first-order valence-corrected chi connectivity index (χ1v) is 5.16. The van der Waals surface area contributed by atoms with Gasteiger partial charge in [-0.25, -0.2) is 0 Å². The van der Waals surface area contributed by atoms with E-state index in [-0.39, 0.29) is 0 Å². The van der Waals surface area contributed by atoms with Gasteiger partial charge in [0.05, 0.1) is 10.9 Å². The summed E-state index contributed by atoms with van der Waals surface area (Å²) in [7, 11) is 0. The molecular weight excluding hydrogens is 210 g/mol. The maximum Gasteiger partial charge on any atom is 0.138 e. The molecule has 0 aliphatic rings. The highest BCUT2D eigenvalue weighted by molar-refractivity contribution is 6.27. The van der Waals surface area contributed by atoms with Gasteiger partial charge in [0.15, 0.2) is 0 Å². The molecule has 1 aromatic carbocycles.